The Morgan fingerprint density at radius 2 is 2.20 bits per heavy atom. The van der Waals surface area contributed by atoms with Crippen LogP contribution in [0.5, 0.6) is 0 Å². The van der Waals surface area contributed by atoms with Crippen molar-refractivity contribution in [3.63, 3.8) is 0 Å². The Hall–Kier alpha value is -0.250. The van der Waals surface area contributed by atoms with Crippen molar-refractivity contribution in [3.8, 4) is 0 Å². The quantitative estimate of drug-likeness (QED) is 0.916. The molecule has 0 heterocycles. The van der Waals surface area contributed by atoms with Gasteiger partial charge in [-0.2, -0.15) is 0 Å². The van der Waals surface area contributed by atoms with Crippen molar-refractivity contribution in [2.45, 2.75) is 25.0 Å². The maximum absolute atomic E-state index is 6.00. The van der Waals surface area contributed by atoms with Gasteiger partial charge in [-0.25, -0.2) is 0 Å². The highest BCUT2D eigenvalue weighted by Crippen LogP contribution is 2.29. The van der Waals surface area contributed by atoms with E-state index in [1.165, 1.54) is 0 Å². The van der Waals surface area contributed by atoms with Crippen molar-refractivity contribution < 1.29 is 4.74 Å². The molecule has 2 nitrogen and oxygen atoms in total. The first kappa shape index (κ1) is 11.2. The summed E-state index contributed by atoms with van der Waals surface area (Å²) in [5.74, 6) is 0. The lowest BCUT2D eigenvalue weighted by Gasteiger charge is -2.35. The molecule has 0 amide bonds. The highest BCUT2D eigenvalue weighted by Gasteiger charge is 2.28. The third-order valence-corrected chi connectivity index (χ3v) is 3.95. The fourth-order valence-electron chi connectivity index (χ4n) is 1.70. The Morgan fingerprint density at radius 1 is 1.47 bits per heavy atom. The van der Waals surface area contributed by atoms with E-state index in [1.54, 1.807) is 7.11 Å². The maximum Gasteiger partial charge on any atom is 0.0610 e. The molecule has 0 saturated heterocycles. The number of ether oxygens (including phenoxy) is 1. The molecule has 0 unspecified atom stereocenters. The summed E-state index contributed by atoms with van der Waals surface area (Å²) in [5.41, 5.74) is 1.07. The molecule has 0 aromatic heterocycles. The van der Waals surface area contributed by atoms with Gasteiger partial charge in [0.25, 0.3) is 0 Å². The number of benzene rings is 1. The predicted octanol–water partition coefficient (Wildman–Crippen LogP) is 3.69. The lowest BCUT2D eigenvalue weighted by molar-refractivity contribution is 0.0329. The van der Waals surface area contributed by atoms with Gasteiger partial charge >= 0.3 is 0 Å². The van der Waals surface area contributed by atoms with E-state index in [0.29, 0.717) is 12.1 Å². The van der Waals surface area contributed by atoms with E-state index in [4.69, 9.17) is 16.3 Å². The van der Waals surface area contributed by atoms with Crippen molar-refractivity contribution in [1.29, 1.82) is 0 Å². The van der Waals surface area contributed by atoms with Gasteiger partial charge in [0.15, 0.2) is 0 Å². The van der Waals surface area contributed by atoms with E-state index in [-0.39, 0.29) is 0 Å². The minimum atomic E-state index is 0.424. The normalized spacial score (nSPS) is 24.7. The number of nitrogens with one attached hydrogen (secondary N) is 1. The van der Waals surface area contributed by atoms with E-state index in [1.807, 2.05) is 18.2 Å². The van der Waals surface area contributed by atoms with Gasteiger partial charge in [-0.3, -0.25) is 0 Å². The molecule has 1 N–H and O–H groups in total. The van der Waals surface area contributed by atoms with Gasteiger partial charge in [-0.05, 0) is 47.0 Å². The van der Waals surface area contributed by atoms with Crippen LogP contribution in [0.4, 0.5) is 5.69 Å². The van der Waals surface area contributed by atoms with Crippen molar-refractivity contribution >= 4 is 33.2 Å². The molecule has 0 spiro atoms. The number of halogens is 2. The van der Waals surface area contributed by atoms with Gasteiger partial charge in [0.1, 0.15) is 0 Å². The molecule has 0 atom stereocenters. The summed E-state index contributed by atoms with van der Waals surface area (Å²) in [6.45, 7) is 0. The van der Waals surface area contributed by atoms with Gasteiger partial charge in [0, 0.05) is 23.3 Å². The van der Waals surface area contributed by atoms with Crippen molar-refractivity contribution in [1.82, 2.24) is 0 Å². The van der Waals surface area contributed by atoms with E-state index in [0.717, 1.165) is 28.0 Å². The summed E-state index contributed by atoms with van der Waals surface area (Å²) in [4.78, 5) is 0. The molecule has 0 aliphatic heterocycles. The Morgan fingerprint density at radius 3 is 2.80 bits per heavy atom. The molecule has 15 heavy (non-hydrogen) atoms. The molecular formula is C11H13BrClNO. The Labute approximate surface area is 103 Å². The van der Waals surface area contributed by atoms with Crippen LogP contribution < -0.4 is 5.32 Å². The zero-order chi connectivity index (χ0) is 10.8. The molecule has 82 valence electrons. The van der Waals surface area contributed by atoms with Crippen LogP contribution in [-0.4, -0.2) is 19.3 Å². The topological polar surface area (TPSA) is 21.3 Å². The fraction of sp³-hybridized carbons (Fsp3) is 0.455. The molecule has 2 rings (SSSR count). The molecular weight excluding hydrogens is 277 g/mol. The minimum Gasteiger partial charge on any atom is -0.382 e. The fourth-order valence-corrected chi connectivity index (χ4v) is 2.12. The molecule has 1 aliphatic carbocycles. The van der Waals surface area contributed by atoms with Crippen molar-refractivity contribution in [3.05, 3.63) is 27.7 Å². The van der Waals surface area contributed by atoms with Crippen LogP contribution in [0.1, 0.15) is 12.8 Å². The van der Waals surface area contributed by atoms with Gasteiger partial charge in [0.05, 0.1) is 11.1 Å². The lowest BCUT2D eigenvalue weighted by Crippen LogP contribution is -2.40. The second-order valence-electron chi connectivity index (χ2n) is 3.80. The third-order valence-electron chi connectivity index (χ3n) is 2.72. The average molecular weight is 291 g/mol. The number of hydrogen-bond donors (Lipinski definition) is 1. The number of methoxy groups -OCH3 is 1. The number of rotatable bonds is 3. The zero-order valence-electron chi connectivity index (χ0n) is 8.47. The Kier molecular flexibility index (Phi) is 3.54. The van der Waals surface area contributed by atoms with Gasteiger partial charge in [-0.15, -0.1) is 0 Å². The molecule has 0 radical (unpaired) electrons. The summed E-state index contributed by atoms with van der Waals surface area (Å²) in [7, 11) is 1.76. The van der Waals surface area contributed by atoms with E-state index in [2.05, 4.69) is 21.2 Å². The molecule has 1 aromatic carbocycles. The van der Waals surface area contributed by atoms with Crippen molar-refractivity contribution in [2.75, 3.05) is 12.4 Å². The van der Waals surface area contributed by atoms with Crippen LogP contribution in [0.25, 0.3) is 0 Å². The van der Waals surface area contributed by atoms with Crippen LogP contribution >= 0.6 is 27.5 Å². The van der Waals surface area contributed by atoms with Crippen LogP contribution in [0, 0.1) is 0 Å². The SMILES string of the molecule is COC1CC(Nc2ccc(Br)c(Cl)c2)C1. The summed E-state index contributed by atoms with van der Waals surface area (Å²) >= 11 is 9.37. The second kappa shape index (κ2) is 4.73. The smallest absolute Gasteiger partial charge is 0.0610 e. The van der Waals surface area contributed by atoms with Gasteiger partial charge in [0.2, 0.25) is 0 Å². The lowest BCUT2D eigenvalue weighted by atomic mass is 9.89. The standard InChI is InChI=1S/C11H13BrClNO/c1-15-9-4-8(5-9)14-7-2-3-10(12)11(13)6-7/h2-3,6,8-9,14H,4-5H2,1H3. The third kappa shape index (κ3) is 2.65. The Balaban J connectivity index is 1.92. The summed E-state index contributed by atoms with van der Waals surface area (Å²) in [5, 5.41) is 4.16. The molecule has 1 fully saturated rings. The highest BCUT2D eigenvalue weighted by molar-refractivity contribution is 9.10. The first-order chi connectivity index (χ1) is 7.19. The number of hydrogen-bond acceptors (Lipinski definition) is 2. The number of anilines is 1. The minimum absolute atomic E-state index is 0.424. The average Bonchev–Trinajstić information content (AvgIpc) is 2.16. The zero-order valence-corrected chi connectivity index (χ0v) is 10.8. The van der Waals surface area contributed by atoms with Gasteiger partial charge < -0.3 is 10.1 Å². The van der Waals surface area contributed by atoms with Crippen molar-refractivity contribution in [2.24, 2.45) is 0 Å². The first-order valence-corrected chi connectivity index (χ1v) is 6.10. The molecule has 1 aliphatic rings. The monoisotopic (exact) mass is 289 g/mol. The molecule has 4 heteroatoms. The van der Waals surface area contributed by atoms with E-state index in [9.17, 15) is 0 Å². The molecule has 1 saturated carbocycles. The second-order valence-corrected chi connectivity index (χ2v) is 5.06. The molecule has 0 bridgehead atoms. The van der Waals surface area contributed by atoms with Crippen LogP contribution in [0.3, 0.4) is 0 Å². The summed E-state index contributed by atoms with van der Waals surface area (Å²) in [6.07, 6.45) is 2.57. The Bertz CT molecular complexity index is 352. The van der Waals surface area contributed by atoms with E-state index < -0.39 is 0 Å². The molecule has 1 aromatic rings. The first-order valence-electron chi connectivity index (χ1n) is 4.93. The van der Waals surface area contributed by atoms with Gasteiger partial charge in [-0.1, -0.05) is 11.6 Å². The largest absolute Gasteiger partial charge is 0.382 e. The van der Waals surface area contributed by atoms with Crippen LogP contribution in [0.15, 0.2) is 22.7 Å². The maximum atomic E-state index is 6.00. The summed E-state index contributed by atoms with van der Waals surface area (Å²) < 4.78 is 6.15. The summed E-state index contributed by atoms with van der Waals surface area (Å²) in [6, 6.07) is 6.44. The van der Waals surface area contributed by atoms with E-state index >= 15 is 0 Å². The van der Waals surface area contributed by atoms with Crippen LogP contribution in [0.2, 0.25) is 5.02 Å². The predicted molar refractivity (Wildman–Crippen MR) is 66.6 cm³/mol. The highest BCUT2D eigenvalue weighted by atomic mass is 79.9. The van der Waals surface area contributed by atoms with Crippen LogP contribution in [-0.2, 0) is 4.74 Å².